The molecular formula is C20H26ClN5O2. The van der Waals surface area contributed by atoms with Crippen molar-refractivity contribution in [1.29, 1.82) is 0 Å². The standard InChI is InChI=1S/C20H25N5O2.ClH/c1-13(2)14-5-7-15(8-6-14)18-22-16(26-24-18)9-10-17-23-19(25-27-17)20(21)11-3-4-12-20;/h5-8,13H,3-4,9-12,21H2,1-2H3;1H. The summed E-state index contributed by atoms with van der Waals surface area (Å²) in [5.41, 5.74) is 8.17. The third-order valence-electron chi connectivity index (χ3n) is 5.27. The number of nitrogens with zero attached hydrogens (tertiary/aromatic N) is 4. The number of nitrogens with two attached hydrogens (primary N) is 1. The van der Waals surface area contributed by atoms with Gasteiger partial charge in [0.25, 0.3) is 0 Å². The Labute approximate surface area is 170 Å². The van der Waals surface area contributed by atoms with Crippen LogP contribution in [0.15, 0.2) is 33.3 Å². The van der Waals surface area contributed by atoms with Gasteiger partial charge in [0.15, 0.2) is 5.82 Å². The Hall–Kier alpha value is -2.25. The molecule has 150 valence electrons. The lowest BCUT2D eigenvalue weighted by molar-refractivity contribution is 0.339. The van der Waals surface area contributed by atoms with Crippen molar-refractivity contribution in [3.05, 3.63) is 47.4 Å². The Morgan fingerprint density at radius 1 is 0.964 bits per heavy atom. The van der Waals surface area contributed by atoms with E-state index in [4.69, 9.17) is 14.8 Å². The molecule has 0 amide bonds. The molecule has 0 radical (unpaired) electrons. The highest BCUT2D eigenvalue weighted by Crippen LogP contribution is 2.34. The van der Waals surface area contributed by atoms with Crippen LogP contribution in [0.3, 0.4) is 0 Å². The van der Waals surface area contributed by atoms with E-state index in [9.17, 15) is 0 Å². The first-order chi connectivity index (χ1) is 13.0. The monoisotopic (exact) mass is 403 g/mol. The van der Waals surface area contributed by atoms with Gasteiger partial charge in [-0.25, -0.2) is 0 Å². The van der Waals surface area contributed by atoms with Gasteiger partial charge in [-0.3, -0.25) is 0 Å². The molecule has 2 aromatic heterocycles. The maximum absolute atomic E-state index is 6.37. The average Bonchev–Trinajstić information content (AvgIpc) is 3.41. The summed E-state index contributed by atoms with van der Waals surface area (Å²) in [4.78, 5) is 8.95. The zero-order valence-electron chi connectivity index (χ0n) is 16.2. The highest BCUT2D eigenvalue weighted by Gasteiger charge is 2.35. The van der Waals surface area contributed by atoms with Crippen LogP contribution in [0.4, 0.5) is 0 Å². The summed E-state index contributed by atoms with van der Waals surface area (Å²) < 4.78 is 10.7. The largest absolute Gasteiger partial charge is 0.339 e. The molecule has 1 aliphatic carbocycles. The minimum absolute atomic E-state index is 0. The van der Waals surface area contributed by atoms with Gasteiger partial charge in [0, 0.05) is 18.4 Å². The molecule has 3 aromatic rings. The summed E-state index contributed by atoms with van der Waals surface area (Å²) in [6, 6.07) is 8.25. The second-order valence-electron chi connectivity index (χ2n) is 7.66. The van der Waals surface area contributed by atoms with Crippen LogP contribution in [0.5, 0.6) is 0 Å². The quantitative estimate of drug-likeness (QED) is 0.658. The fourth-order valence-electron chi connectivity index (χ4n) is 3.49. The zero-order chi connectivity index (χ0) is 18.9. The number of aryl methyl sites for hydroxylation is 2. The summed E-state index contributed by atoms with van der Waals surface area (Å²) in [5, 5.41) is 8.16. The molecule has 1 aliphatic rings. The van der Waals surface area contributed by atoms with Gasteiger partial charge in [0.2, 0.25) is 17.6 Å². The van der Waals surface area contributed by atoms with Gasteiger partial charge in [-0.05, 0) is 24.3 Å². The molecule has 1 aromatic carbocycles. The van der Waals surface area contributed by atoms with E-state index >= 15 is 0 Å². The van der Waals surface area contributed by atoms with Gasteiger partial charge in [-0.1, -0.05) is 61.3 Å². The number of hydrogen-bond acceptors (Lipinski definition) is 7. The molecule has 0 bridgehead atoms. The van der Waals surface area contributed by atoms with E-state index in [-0.39, 0.29) is 12.4 Å². The van der Waals surface area contributed by atoms with Crippen molar-refractivity contribution in [3.63, 3.8) is 0 Å². The Morgan fingerprint density at radius 2 is 1.57 bits per heavy atom. The van der Waals surface area contributed by atoms with Crippen molar-refractivity contribution in [1.82, 2.24) is 20.3 Å². The second kappa shape index (κ2) is 8.41. The average molecular weight is 404 g/mol. The molecule has 2 heterocycles. The van der Waals surface area contributed by atoms with Crippen molar-refractivity contribution in [2.24, 2.45) is 5.73 Å². The van der Waals surface area contributed by atoms with Crippen LogP contribution in [0.2, 0.25) is 0 Å². The summed E-state index contributed by atoms with van der Waals surface area (Å²) in [6.07, 6.45) is 5.16. The Balaban J connectivity index is 0.00000225. The lowest BCUT2D eigenvalue weighted by Gasteiger charge is -2.17. The predicted molar refractivity (Wildman–Crippen MR) is 107 cm³/mol. The van der Waals surface area contributed by atoms with Gasteiger partial charge in [0.1, 0.15) is 0 Å². The molecule has 28 heavy (non-hydrogen) atoms. The highest BCUT2D eigenvalue weighted by atomic mass is 35.5. The van der Waals surface area contributed by atoms with Crippen LogP contribution in [-0.4, -0.2) is 20.3 Å². The lowest BCUT2D eigenvalue weighted by atomic mass is 9.99. The van der Waals surface area contributed by atoms with E-state index in [0.717, 1.165) is 31.2 Å². The lowest BCUT2D eigenvalue weighted by Crippen LogP contribution is -2.34. The van der Waals surface area contributed by atoms with E-state index in [0.29, 0.717) is 42.2 Å². The molecular weight excluding hydrogens is 378 g/mol. The smallest absolute Gasteiger partial charge is 0.227 e. The van der Waals surface area contributed by atoms with E-state index < -0.39 is 5.54 Å². The minimum atomic E-state index is -0.429. The maximum atomic E-state index is 6.37. The minimum Gasteiger partial charge on any atom is -0.339 e. The van der Waals surface area contributed by atoms with E-state index in [1.165, 1.54) is 5.56 Å². The molecule has 2 N–H and O–H groups in total. The third kappa shape index (κ3) is 4.25. The maximum Gasteiger partial charge on any atom is 0.227 e. The molecule has 1 fully saturated rings. The first kappa shape index (κ1) is 20.5. The molecule has 1 saturated carbocycles. The van der Waals surface area contributed by atoms with E-state index in [1.54, 1.807) is 0 Å². The van der Waals surface area contributed by atoms with Gasteiger partial charge in [-0.2, -0.15) is 9.97 Å². The zero-order valence-corrected chi connectivity index (χ0v) is 17.0. The second-order valence-corrected chi connectivity index (χ2v) is 7.66. The van der Waals surface area contributed by atoms with Crippen molar-refractivity contribution in [3.8, 4) is 11.4 Å². The first-order valence-electron chi connectivity index (χ1n) is 9.58. The molecule has 0 unspecified atom stereocenters. The number of rotatable bonds is 6. The van der Waals surface area contributed by atoms with E-state index in [2.05, 4.69) is 46.3 Å². The van der Waals surface area contributed by atoms with Gasteiger partial charge >= 0.3 is 0 Å². The predicted octanol–water partition coefficient (Wildman–Crippen LogP) is 4.18. The van der Waals surface area contributed by atoms with Crippen LogP contribution in [0.1, 0.15) is 68.6 Å². The van der Waals surface area contributed by atoms with Crippen LogP contribution in [-0.2, 0) is 18.4 Å². The number of benzene rings is 1. The SMILES string of the molecule is CC(C)c1ccc(-c2noc(CCc3nc(C4(N)CCCC4)no3)n2)cc1.Cl. The van der Waals surface area contributed by atoms with Crippen LogP contribution < -0.4 is 5.73 Å². The Bertz CT molecular complexity index is 897. The first-order valence-corrected chi connectivity index (χ1v) is 9.58. The summed E-state index contributed by atoms with van der Waals surface area (Å²) in [5.74, 6) is 2.82. The van der Waals surface area contributed by atoms with Crippen molar-refractivity contribution in [2.45, 2.75) is 63.8 Å². The van der Waals surface area contributed by atoms with Crippen molar-refractivity contribution < 1.29 is 9.05 Å². The number of aromatic nitrogens is 4. The third-order valence-corrected chi connectivity index (χ3v) is 5.27. The normalized spacial score (nSPS) is 15.7. The molecule has 7 nitrogen and oxygen atoms in total. The molecule has 4 rings (SSSR count). The van der Waals surface area contributed by atoms with Gasteiger partial charge in [0.05, 0.1) is 5.54 Å². The van der Waals surface area contributed by atoms with Crippen molar-refractivity contribution in [2.75, 3.05) is 0 Å². The van der Waals surface area contributed by atoms with Crippen LogP contribution in [0, 0.1) is 0 Å². The van der Waals surface area contributed by atoms with Crippen molar-refractivity contribution >= 4 is 12.4 Å². The molecule has 0 saturated heterocycles. The summed E-state index contributed by atoms with van der Waals surface area (Å²) >= 11 is 0. The van der Waals surface area contributed by atoms with Crippen LogP contribution >= 0.6 is 12.4 Å². The molecule has 0 spiro atoms. The van der Waals surface area contributed by atoms with Gasteiger partial charge in [-0.15, -0.1) is 12.4 Å². The topological polar surface area (TPSA) is 104 Å². The fraction of sp³-hybridized carbons (Fsp3) is 0.500. The number of halogens is 1. The fourth-order valence-corrected chi connectivity index (χ4v) is 3.49. The number of hydrogen-bond donors (Lipinski definition) is 1. The van der Waals surface area contributed by atoms with E-state index in [1.807, 2.05) is 12.1 Å². The molecule has 8 heteroatoms. The highest BCUT2D eigenvalue weighted by molar-refractivity contribution is 5.85. The molecule has 0 atom stereocenters. The van der Waals surface area contributed by atoms with Gasteiger partial charge < -0.3 is 14.8 Å². The van der Waals surface area contributed by atoms with Crippen LogP contribution in [0.25, 0.3) is 11.4 Å². The summed E-state index contributed by atoms with van der Waals surface area (Å²) in [7, 11) is 0. The Morgan fingerprint density at radius 3 is 2.21 bits per heavy atom. The summed E-state index contributed by atoms with van der Waals surface area (Å²) in [6.45, 7) is 4.34. The molecule has 0 aliphatic heterocycles. The Kier molecular flexibility index (Phi) is 6.15.